The Labute approximate surface area is 234 Å². The van der Waals surface area contributed by atoms with E-state index in [4.69, 9.17) is 9.47 Å². The molecule has 3 aromatic rings. The van der Waals surface area contributed by atoms with Crippen molar-refractivity contribution < 1.29 is 32.3 Å². The van der Waals surface area contributed by atoms with Gasteiger partial charge >= 0.3 is 0 Å². The average molecular weight is 571 g/mol. The van der Waals surface area contributed by atoms with Gasteiger partial charge in [-0.3, -0.25) is 10.0 Å². The summed E-state index contributed by atoms with van der Waals surface area (Å²) in [7, 11) is -2.50. The number of hydrogen-bond donors (Lipinski definition) is 2. The second-order valence-electron chi connectivity index (χ2n) is 9.91. The van der Waals surface area contributed by atoms with Crippen LogP contribution < -0.4 is 10.2 Å². The van der Waals surface area contributed by atoms with Gasteiger partial charge in [0, 0.05) is 26.7 Å². The standard InChI is InChI=1S/C30H35FN2O6S/c1-38-20-18-33-16-14-30(15-17-33,29(34)32-35)40(36,37)28-12-10-27(11-13-28)39-19-4-6-23-5-2-7-24(21-23)25-8-3-9-26(31)22-25/h2-3,5,7-13,21-22,35H,4,6,14-20H2,1H3,(H,32,34). The Balaban J connectivity index is 1.35. The fraction of sp³-hybridized carbons (Fsp3) is 0.367. The molecule has 0 unspecified atom stereocenters. The number of methoxy groups -OCH3 is 1. The monoisotopic (exact) mass is 570 g/mol. The van der Waals surface area contributed by atoms with E-state index in [1.807, 2.05) is 35.2 Å². The van der Waals surface area contributed by atoms with Crippen LogP contribution in [-0.4, -0.2) is 69.1 Å². The summed E-state index contributed by atoms with van der Waals surface area (Å²) in [5.74, 6) is -0.673. The molecule has 0 aromatic heterocycles. The van der Waals surface area contributed by atoms with E-state index in [1.165, 1.54) is 24.3 Å². The van der Waals surface area contributed by atoms with E-state index in [2.05, 4.69) is 0 Å². The van der Waals surface area contributed by atoms with Crippen molar-refractivity contribution in [2.24, 2.45) is 0 Å². The third-order valence-electron chi connectivity index (χ3n) is 7.40. The molecule has 1 saturated heterocycles. The largest absolute Gasteiger partial charge is 0.494 e. The minimum atomic E-state index is -4.10. The van der Waals surface area contributed by atoms with Crippen molar-refractivity contribution in [3.8, 4) is 16.9 Å². The maximum atomic E-state index is 13.6. The first kappa shape index (κ1) is 29.7. The molecule has 1 aliphatic rings. The third-order valence-corrected chi connectivity index (χ3v) is 9.92. The third kappa shape index (κ3) is 6.69. The van der Waals surface area contributed by atoms with Crippen molar-refractivity contribution in [2.75, 3.05) is 40.0 Å². The lowest BCUT2D eigenvalue weighted by Crippen LogP contribution is -2.57. The molecule has 1 amide bonds. The van der Waals surface area contributed by atoms with Crippen LogP contribution >= 0.6 is 0 Å². The van der Waals surface area contributed by atoms with Gasteiger partial charge in [0.1, 0.15) is 11.6 Å². The number of sulfone groups is 1. The molecule has 3 aromatic carbocycles. The number of nitrogens with one attached hydrogen (secondary N) is 1. The Morgan fingerprint density at radius 2 is 1.68 bits per heavy atom. The van der Waals surface area contributed by atoms with Crippen LogP contribution in [0.2, 0.25) is 0 Å². The summed E-state index contributed by atoms with van der Waals surface area (Å²) in [5.41, 5.74) is 4.45. The number of benzene rings is 3. The number of piperidine rings is 1. The van der Waals surface area contributed by atoms with Gasteiger partial charge < -0.3 is 14.4 Å². The fourth-order valence-electron chi connectivity index (χ4n) is 5.06. The molecule has 1 aliphatic heterocycles. The van der Waals surface area contributed by atoms with Crippen molar-refractivity contribution in [2.45, 2.75) is 35.3 Å². The fourth-order valence-corrected chi connectivity index (χ4v) is 7.01. The molecular weight excluding hydrogens is 535 g/mol. The summed E-state index contributed by atoms with van der Waals surface area (Å²) < 4.78 is 50.0. The van der Waals surface area contributed by atoms with Crippen LogP contribution in [0, 0.1) is 5.82 Å². The van der Waals surface area contributed by atoms with Crippen LogP contribution in [0.15, 0.2) is 77.7 Å². The van der Waals surface area contributed by atoms with E-state index in [0.29, 0.717) is 38.6 Å². The molecule has 1 fully saturated rings. The number of hydrogen-bond acceptors (Lipinski definition) is 7. The Morgan fingerprint density at radius 1 is 1.00 bits per heavy atom. The Hall–Kier alpha value is -3.31. The highest BCUT2D eigenvalue weighted by Gasteiger charge is 2.52. The van der Waals surface area contributed by atoms with Crippen LogP contribution in [0.25, 0.3) is 11.1 Å². The lowest BCUT2D eigenvalue weighted by Gasteiger charge is -2.39. The molecule has 0 atom stereocenters. The number of aryl methyl sites for hydroxylation is 1. The number of hydroxylamine groups is 1. The smallest absolute Gasteiger partial charge is 0.265 e. The second-order valence-corrected chi connectivity index (χ2v) is 12.2. The topological polar surface area (TPSA) is 105 Å². The SMILES string of the molecule is COCCN1CCC(C(=O)NO)(S(=O)(=O)c2ccc(OCCCc3cccc(-c4cccc(F)c4)c3)cc2)CC1. The zero-order valence-corrected chi connectivity index (χ0v) is 23.3. The van der Waals surface area contributed by atoms with Crippen molar-refractivity contribution >= 4 is 15.7 Å². The number of amides is 1. The molecule has 10 heteroatoms. The molecule has 8 nitrogen and oxygen atoms in total. The van der Waals surface area contributed by atoms with Gasteiger partial charge in [0.15, 0.2) is 14.6 Å². The van der Waals surface area contributed by atoms with Gasteiger partial charge in [0.05, 0.1) is 18.1 Å². The summed E-state index contributed by atoms with van der Waals surface area (Å²) in [6.45, 7) is 2.35. The summed E-state index contributed by atoms with van der Waals surface area (Å²) in [4.78, 5) is 14.7. The molecular formula is C30H35FN2O6S. The highest BCUT2D eigenvalue weighted by Crippen LogP contribution is 2.36. The molecule has 0 radical (unpaired) electrons. The van der Waals surface area contributed by atoms with E-state index in [0.717, 1.165) is 29.5 Å². The molecule has 40 heavy (non-hydrogen) atoms. The summed E-state index contributed by atoms with van der Waals surface area (Å²) in [6, 6.07) is 20.5. The van der Waals surface area contributed by atoms with Crippen LogP contribution in [0.5, 0.6) is 5.75 Å². The molecule has 4 rings (SSSR count). The zero-order chi connectivity index (χ0) is 28.6. The Kier molecular flexibility index (Phi) is 9.91. The first-order chi connectivity index (χ1) is 19.3. The van der Waals surface area contributed by atoms with Gasteiger partial charge in [-0.25, -0.2) is 18.3 Å². The molecule has 214 valence electrons. The maximum Gasteiger partial charge on any atom is 0.265 e. The average Bonchev–Trinajstić information content (AvgIpc) is 2.98. The number of carbonyl (C=O) groups is 1. The minimum absolute atomic E-state index is 0.00274. The van der Waals surface area contributed by atoms with E-state index >= 15 is 0 Å². The molecule has 0 aliphatic carbocycles. The molecule has 2 N–H and O–H groups in total. The lowest BCUT2D eigenvalue weighted by atomic mass is 9.95. The van der Waals surface area contributed by atoms with Crippen molar-refractivity contribution in [3.05, 3.63) is 84.2 Å². The van der Waals surface area contributed by atoms with E-state index in [1.54, 1.807) is 30.8 Å². The van der Waals surface area contributed by atoms with Gasteiger partial charge in [-0.05, 0) is 78.8 Å². The Bertz CT molecular complexity index is 1390. The number of rotatable bonds is 12. The normalized spacial score (nSPS) is 15.5. The van der Waals surface area contributed by atoms with Gasteiger partial charge in [-0.1, -0.05) is 36.4 Å². The van der Waals surface area contributed by atoms with Gasteiger partial charge in [-0.2, -0.15) is 0 Å². The molecule has 0 bridgehead atoms. The first-order valence-electron chi connectivity index (χ1n) is 13.3. The number of carbonyl (C=O) groups excluding carboxylic acids is 1. The number of nitrogens with zero attached hydrogens (tertiary/aromatic N) is 1. The first-order valence-corrected chi connectivity index (χ1v) is 14.8. The number of halogens is 1. The summed E-state index contributed by atoms with van der Waals surface area (Å²) >= 11 is 0. The van der Waals surface area contributed by atoms with E-state index < -0.39 is 20.5 Å². The lowest BCUT2D eigenvalue weighted by molar-refractivity contribution is -0.133. The van der Waals surface area contributed by atoms with Crippen LogP contribution in [-0.2, 0) is 25.8 Å². The molecule has 0 saturated carbocycles. The second kappa shape index (κ2) is 13.4. The quantitative estimate of drug-likeness (QED) is 0.190. The predicted octanol–water partition coefficient (Wildman–Crippen LogP) is 4.26. The van der Waals surface area contributed by atoms with E-state index in [9.17, 15) is 22.8 Å². The number of ether oxygens (including phenoxy) is 2. The zero-order valence-electron chi connectivity index (χ0n) is 22.5. The summed E-state index contributed by atoms with van der Waals surface area (Å²) in [5, 5.41) is 9.37. The number of likely N-dealkylation sites (tertiary alicyclic amines) is 1. The van der Waals surface area contributed by atoms with Gasteiger partial charge in [-0.15, -0.1) is 0 Å². The molecule has 0 spiro atoms. The van der Waals surface area contributed by atoms with Crippen molar-refractivity contribution in [1.29, 1.82) is 0 Å². The van der Waals surface area contributed by atoms with Crippen LogP contribution in [0.1, 0.15) is 24.8 Å². The van der Waals surface area contributed by atoms with Crippen molar-refractivity contribution in [3.63, 3.8) is 0 Å². The van der Waals surface area contributed by atoms with Crippen molar-refractivity contribution in [1.82, 2.24) is 10.4 Å². The van der Waals surface area contributed by atoms with E-state index in [-0.39, 0.29) is 23.6 Å². The minimum Gasteiger partial charge on any atom is -0.494 e. The molecule has 1 heterocycles. The van der Waals surface area contributed by atoms with Gasteiger partial charge in [0.2, 0.25) is 0 Å². The van der Waals surface area contributed by atoms with Crippen LogP contribution in [0.3, 0.4) is 0 Å². The predicted molar refractivity (Wildman–Crippen MR) is 149 cm³/mol. The highest BCUT2D eigenvalue weighted by molar-refractivity contribution is 7.93. The Morgan fingerprint density at radius 3 is 2.33 bits per heavy atom. The highest BCUT2D eigenvalue weighted by atomic mass is 32.2. The van der Waals surface area contributed by atoms with Gasteiger partial charge in [0.25, 0.3) is 5.91 Å². The summed E-state index contributed by atoms with van der Waals surface area (Å²) in [6.07, 6.45) is 1.61. The van der Waals surface area contributed by atoms with Crippen LogP contribution in [0.4, 0.5) is 4.39 Å². The maximum absolute atomic E-state index is 13.6.